The van der Waals surface area contributed by atoms with Gasteiger partial charge in [0.2, 0.25) is 0 Å². The molecule has 1 aromatic carbocycles. The Hall–Kier alpha value is -1.16. The summed E-state index contributed by atoms with van der Waals surface area (Å²) in [7, 11) is 0. The first-order chi connectivity index (χ1) is 8.93. The van der Waals surface area contributed by atoms with E-state index in [1.807, 2.05) is 4.90 Å². The van der Waals surface area contributed by atoms with Crippen LogP contribution in [-0.4, -0.2) is 19.6 Å². The highest BCUT2D eigenvalue weighted by atomic mass is 19.1. The van der Waals surface area contributed by atoms with E-state index in [-0.39, 0.29) is 11.1 Å². The van der Waals surface area contributed by atoms with Crippen molar-refractivity contribution in [2.45, 2.75) is 33.1 Å². The number of nitrogens with zero attached hydrogens (tertiary/aromatic N) is 1. The molecule has 1 aliphatic heterocycles. The lowest BCUT2D eigenvalue weighted by atomic mass is 9.82. The molecule has 1 saturated heterocycles. The minimum Gasteiger partial charge on any atom is -0.367 e. The van der Waals surface area contributed by atoms with E-state index in [1.165, 1.54) is 12.1 Å². The topological polar surface area (TPSA) is 29.3 Å². The normalized spacial score (nSPS) is 18.7. The average molecular weight is 268 g/mol. The molecule has 0 aliphatic carbocycles. The van der Waals surface area contributed by atoms with Crippen molar-refractivity contribution in [1.82, 2.24) is 0 Å². The number of hydrogen-bond donors (Lipinski definition) is 1. The maximum absolute atomic E-state index is 14.1. The summed E-state index contributed by atoms with van der Waals surface area (Å²) in [5, 5.41) is 0. The van der Waals surface area contributed by atoms with E-state index < -0.39 is 11.6 Å². The fourth-order valence-corrected chi connectivity index (χ4v) is 2.57. The summed E-state index contributed by atoms with van der Waals surface area (Å²) in [5.74, 6) is -0.939. The SMILES string of the molecule is CC1(C)CCN(c2c(F)cc(CCN)cc2F)CC1. The van der Waals surface area contributed by atoms with Crippen LogP contribution in [0.15, 0.2) is 12.1 Å². The molecule has 0 bridgehead atoms. The predicted molar refractivity (Wildman–Crippen MR) is 74.3 cm³/mol. The van der Waals surface area contributed by atoms with Crippen LogP contribution in [0.25, 0.3) is 0 Å². The Morgan fingerprint density at radius 1 is 1.16 bits per heavy atom. The highest BCUT2D eigenvalue weighted by Crippen LogP contribution is 2.34. The quantitative estimate of drug-likeness (QED) is 0.912. The number of piperidine rings is 1. The number of hydrogen-bond acceptors (Lipinski definition) is 2. The maximum Gasteiger partial charge on any atom is 0.149 e. The Bertz CT molecular complexity index is 424. The molecule has 1 aromatic rings. The molecule has 0 saturated carbocycles. The molecular weight excluding hydrogens is 246 g/mol. The van der Waals surface area contributed by atoms with E-state index >= 15 is 0 Å². The molecule has 0 unspecified atom stereocenters. The van der Waals surface area contributed by atoms with Crippen LogP contribution in [0.4, 0.5) is 14.5 Å². The molecule has 4 heteroatoms. The second kappa shape index (κ2) is 5.45. The third-order valence-electron chi connectivity index (χ3n) is 3.94. The smallest absolute Gasteiger partial charge is 0.149 e. The molecule has 0 amide bonds. The van der Waals surface area contributed by atoms with Crippen molar-refractivity contribution in [3.63, 3.8) is 0 Å². The minimum atomic E-state index is -0.469. The third-order valence-corrected chi connectivity index (χ3v) is 3.94. The van der Waals surface area contributed by atoms with Gasteiger partial charge in [-0.3, -0.25) is 0 Å². The summed E-state index contributed by atoms with van der Waals surface area (Å²) in [6, 6.07) is 2.82. The van der Waals surface area contributed by atoms with Crippen LogP contribution in [0.1, 0.15) is 32.3 Å². The van der Waals surface area contributed by atoms with Gasteiger partial charge in [0.05, 0.1) is 0 Å². The highest BCUT2D eigenvalue weighted by Gasteiger charge is 2.28. The molecule has 0 radical (unpaired) electrons. The van der Waals surface area contributed by atoms with Crippen LogP contribution >= 0.6 is 0 Å². The maximum atomic E-state index is 14.1. The van der Waals surface area contributed by atoms with Gasteiger partial charge in [-0.2, -0.15) is 0 Å². The van der Waals surface area contributed by atoms with Gasteiger partial charge >= 0.3 is 0 Å². The van der Waals surface area contributed by atoms with Gasteiger partial charge in [-0.05, 0) is 48.9 Å². The zero-order valence-corrected chi connectivity index (χ0v) is 11.7. The zero-order valence-electron chi connectivity index (χ0n) is 11.7. The average Bonchev–Trinajstić information content (AvgIpc) is 2.31. The third kappa shape index (κ3) is 3.24. The Morgan fingerprint density at radius 3 is 2.16 bits per heavy atom. The van der Waals surface area contributed by atoms with Crippen LogP contribution in [0.3, 0.4) is 0 Å². The van der Waals surface area contributed by atoms with E-state index in [9.17, 15) is 8.78 Å². The van der Waals surface area contributed by atoms with Crippen molar-refractivity contribution in [1.29, 1.82) is 0 Å². The van der Waals surface area contributed by atoms with Crippen LogP contribution in [0.2, 0.25) is 0 Å². The second-order valence-corrected chi connectivity index (χ2v) is 6.10. The Morgan fingerprint density at radius 2 is 1.68 bits per heavy atom. The lowest BCUT2D eigenvalue weighted by Crippen LogP contribution is -2.38. The van der Waals surface area contributed by atoms with Gasteiger partial charge in [0.1, 0.15) is 17.3 Å². The van der Waals surface area contributed by atoms with E-state index in [0.29, 0.717) is 31.6 Å². The first-order valence-corrected chi connectivity index (χ1v) is 6.86. The molecular formula is C15H22F2N2. The van der Waals surface area contributed by atoms with Crippen molar-refractivity contribution >= 4 is 5.69 Å². The highest BCUT2D eigenvalue weighted by molar-refractivity contribution is 5.51. The van der Waals surface area contributed by atoms with Crippen molar-refractivity contribution in [2.75, 3.05) is 24.5 Å². The molecule has 2 nitrogen and oxygen atoms in total. The molecule has 2 rings (SSSR count). The lowest BCUT2D eigenvalue weighted by molar-refractivity contribution is 0.278. The van der Waals surface area contributed by atoms with Crippen LogP contribution in [0.5, 0.6) is 0 Å². The standard InChI is InChI=1S/C15H22F2N2/c1-15(2)4-7-19(8-5-15)14-12(16)9-11(3-6-18)10-13(14)17/h9-10H,3-8,18H2,1-2H3. The van der Waals surface area contributed by atoms with Gasteiger partial charge in [-0.1, -0.05) is 13.8 Å². The summed E-state index contributed by atoms with van der Waals surface area (Å²) >= 11 is 0. The summed E-state index contributed by atoms with van der Waals surface area (Å²) in [4.78, 5) is 1.82. The van der Waals surface area contributed by atoms with Crippen molar-refractivity contribution in [2.24, 2.45) is 11.1 Å². The Balaban J connectivity index is 2.21. The summed E-state index contributed by atoms with van der Waals surface area (Å²) in [6.07, 6.45) is 2.41. The van der Waals surface area contributed by atoms with E-state index in [2.05, 4.69) is 13.8 Å². The summed E-state index contributed by atoms with van der Waals surface area (Å²) in [6.45, 7) is 6.20. The van der Waals surface area contributed by atoms with E-state index in [0.717, 1.165) is 12.8 Å². The van der Waals surface area contributed by atoms with Crippen LogP contribution in [-0.2, 0) is 6.42 Å². The fraction of sp³-hybridized carbons (Fsp3) is 0.600. The number of benzene rings is 1. The molecule has 2 N–H and O–H groups in total. The Kier molecular flexibility index (Phi) is 4.09. The van der Waals surface area contributed by atoms with Gasteiger partial charge in [-0.15, -0.1) is 0 Å². The van der Waals surface area contributed by atoms with Crippen molar-refractivity contribution < 1.29 is 8.78 Å². The molecule has 106 valence electrons. The summed E-state index contributed by atoms with van der Waals surface area (Å²) in [5.41, 5.74) is 6.43. The second-order valence-electron chi connectivity index (χ2n) is 6.10. The van der Waals surface area contributed by atoms with Crippen molar-refractivity contribution in [3.05, 3.63) is 29.3 Å². The largest absolute Gasteiger partial charge is 0.367 e. The number of rotatable bonds is 3. The first kappa shape index (κ1) is 14.3. The molecule has 1 heterocycles. The van der Waals surface area contributed by atoms with Crippen LogP contribution < -0.4 is 10.6 Å². The van der Waals surface area contributed by atoms with E-state index in [1.54, 1.807) is 0 Å². The number of anilines is 1. The van der Waals surface area contributed by atoms with Gasteiger partial charge in [0.25, 0.3) is 0 Å². The lowest BCUT2D eigenvalue weighted by Gasteiger charge is -2.38. The van der Waals surface area contributed by atoms with Gasteiger partial charge in [0.15, 0.2) is 0 Å². The fourth-order valence-electron chi connectivity index (χ4n) is 2.57. The zero-order chi connectivity index (χ0) is 14.0. The number of nitrogens with two attached hydrogens (primary N) is 1. The molecule has 0 aromatic heterocycles. The molecule has 1 fully saturated rings. The van der Waals surface area contributed by atoms with Gasteiger partial charge in [0, 0.05) is 13.1 Å². The van der Waals surface area contributed by atoms with Gasteiger partial charge < -0.3 is 10.6 Å². The molecule has 19 heavy (non-hydrogen) atoms. The first-order valence-electron chi connectivity index (χ1n) is 6.86. The van der Waals surface area contributed by atoms with E-state index in [4.69, 9.17) is 5.73 Å². The minimum absolute atomic E-state index is 0.122. The monoisotopic (exact) mass is 268 g/mol. The number of halogens is 2. The Labute approximate surface area is 113 Å². The summed E-state index contributed by atoms with van der Waals surface area (Å²) < 4.78 is 28.2. The van der Waals surface area contributed by atoms with Gasteiger partial charge in [-0.25, -0.2) is 8.78 Å². The van der Waals surface area contributed by atoms with Crippen LogP contribution in [0, 0.1) is 17.0 Å². The molecule has 0 spiro atoms. The van der Waals surface area contributed by atoms with Crippen molar-refractivity contribution in [3.8, 4) is 0 Å². The molecule has 1 aliphatic rings. The molecule has 0 atom stereocenters. The predicted octanol–water partition coefficient (Wildman–Crippen LogP) is 3.09.